The molecule has 0 unspecified atom stereocenters. The van der Waals surface area contributed by atoms with Crippen LogP contribution in [0.3, 0.4) is 0 Å². The lowest BCUT2D eigenvalue weighted by Gasteiger charge is -2.22. The maximum atomic E-state index is 12.2. The fourth-order valence-electron chi connectivity index (χ4n) is 4.08. The maximum Gasteiger partial charge on any atom is 0.257 e. The van der Waals surface area contributed by atoms with Crippen LogP contribution < -0.4 is 10.1 Å². The molecular weight excluding hydrogens is 442 g/mol. The van der Waals surface area contributed by atoms with Crippen LogP contribution in [0.2, 0.25) is 5.02 Å². The van der Waals surface area contributed by atoms with Gasteiger partial charge in [-0.15, -0.1) is 11.3 Å². The first kappa shape index (κ1) is 21.3. The third-order valence-corrected chi connectivity index (χ3v) is 7.30. The molecule has 2 heterocycles. The molecule has 1 aliphatic heterocycles. The Labute approximate surface area is 196 Å². The summed E-state index contributed by atoms with van der Waals surface area (Å²) in [6.07, 6.45) is 2.01. The van der Waals surface area contributed by atoms with E-state index in [0.717, 1.165) is 46.9 Å². The minimum atomic E-state index is -0.0828. The van der Waals surface area contributed by atoms with Crippen LogP contribution in [0, 0.1) is 5.92 Å². The second kappa shape index (κ2) is 9.49. The minimum absolute atomic E-state index is 0.0281. The van der Waals surface area contributed by atoms with Gasteiger partial charge in [-0.05, 0) is 72.4 Å². The van der Waals surface area contributed by atoms with Crippen molar-refractivity contribution in [3.8, 4) is 16.9 Å². The first-order valence-corrected chi connectivity index (χ1v) is 12.0. The molecule has 1 aliphatic rings. The number of amides is 1. The third kappa shape index (κ3) is 4.75. The van der Waals surface area contributed by atoms with E-state index in [4.69, 9.17) is 21.1 Å². The second-order valence-electron chi connectivity index (χ2n) is 8.13. The number of hydrogen-bond donors (Lipinski definition) is 1. The summed E-state index contributed by atoms with van der Waals surface area (Å²) in [5, 5.41) is 6.13. The number of ether oxygens (including phenoxy) is 2. The Kier molecular flexibility index (Phi) is 6.30. The molecule has 1 fully saturated rings. The van der Waals surface area contributed by atoms with E-state index in [0.29, 0.717) is 18.2 Å². The Balaban J connectivity index is 1.28. The first-order valence-electron chi connectivity index (χ1n) is 10.9. The van der Waals surface area contributed by atoms with Gasteiger partial charge in [0.05, 0.1) is 0 Å². The molecule has 1 aromatic heterocycles. The Morgan fingerprint density at radius 1 is 0.969 bits per heavy atom. The molecule has 6 heteroatoms. The fraction of sp³-hybridized carbons (Fsp3) is 0.269. The van der Waals surface area contributed by atoms with Crippen molar-refractivity contribution in [1.82, 2.24) is 5.32 Å². The molecule has 0 radical (unpaired) electrons. The van der Waals surface area contributed by atoms with Crippen LogP contribution in [0.25, 0.3) is 31.3 Å². The zero-order valence-electron chi connectivity index (χ0n) is 17.6. The Bertz CT molecular complexity index is 1250. The molecule has 4 nitrogen and oxygen atoms in total. The number of carbonyl (C=O) groups is 1. The number of carbonyl (C=O) groups excluding carboxylic acids is 1. The van der Waals surface area contributed by atoms with Crippen LogP contribution in [0.5, 0.6) is 5.75 Å². The van der Waals surface area contributed by atoms with Crippen LogP contribution in [0.1, 0.15) is 12.8 Å². The van der Waals surface area contributed by atoms with Gasteiger partial charge in [0.15, 0.2) is 6.61 Å². The summed E-state index contributed by atoms with van der Waals surface area (Å²) >= 11 is 7.76. The van der Waals surface area contributed by atoms with Crippen molar-refractivity contribution < 1.29 is 14.3 Å². The Morgan fingerprint density at radius 2 is 1.75 bits per heavy atom. The molecule has 5 rings (SSSR count). The van der Waals surface area contributed by atoms with Crippen molar-refractivity contribution in [2.24, 2.45) is 5.92 Å². The average Bonchev–Trinajstić information content (AvgIpc) is 3.19. The van der Waals surface area contributed by atoms with Crippen molar-refractivity contribution in [3.63, 3.8) is 0 Å². The summed E-state index contributed by atoms with van der Waals surface area (Å²) in [7, 11) is 0. The minimum Gasteiger partial charge on any atom is -0.484 e. The lowest BCUT2D eigenvalue weighted by Crippen LogP contribution is -2.35. The highest BCUT2D eigenvalue weighted by atomic mass is 35.5. The molecule has 0 bridgehead atoms. The lowest BCUT2D eigenvalue weighted by atomic mass is 10.0. The van der Waals surface area contributed by atoms with Gasteiger partial charge in [-0.25, -0.2) is 0 Å². The molecule has 1 N–H and O–H groups in total. The Hall–Kier alpha value is -2.60. The molecule has 32 heavy (non-hydrogen) atoms. The topological polar surface area (TPSA) is 47.6 Å². The van der Waals surface area contributed by atoms with E-state index in [1.54, 1.807) is 11.3 Å². The highest BCUT2D eigenvalue weighted by molar-refractivity contribution is 7.25. The number of fused-ring (bicyclic) bond motifs is 3. The SMILES string of the molecule is O=C(COc1ccc2c(c1)sc1ccc(-c3ccc(Cl)cc3)cc12)NCC1CCOCC1. The highest BCUT2D eigenvalue weighted by Gasteiger charge is 2.15. The van der Waals surface area contributed by atoms with E-state index >= 15 is 0 Å². The van der Waals surface area contributed by atoms with Gasteiger partial charge in [-0.3, -0.25) is 4.79 Å². The van der Waals surface area contributed by atoms with Crippen LogP contribution >= 0.6 is 22.9 Å². The van der Waals surface area contributed by atoms with Crippen LogP contribution in [-0.2, 0) is 9.53 Å². The van der Waals surface area contributed by atoms with E-state index in [9.17, 15) is 4.79 Å². The van der Waals surface area contributed by atoms with Gasteiger partial charge in [0, 0.05) is 45.0 Å². The van der Waals surface area contributed by atoms with Gasteiger partial charge in [0.2, 0.25) is 0 Å². The van der Waals surface area contributed by atoms with E-state index in [2.05, 4.69) is 29.6 Å². The number of benzene rings is 3. The van der Waals surface area contributed by atoms with E-state index in [1.807, 2.05) is 36.4 Å². The summed E-state index contributed by atoms with van der Waals surface area (Å²) in [4.78, 5) is 12.2. The van der Waals surface area contributed by atoms with Gasteiger partial charge in [0.25, 0.3) is 5.91 Å². The maximum absolute atomic E-state index is 12.2. The molecule has 4 aromatic rings. The quantitative estimate of drug-likeness (QED) is 0.363. The van der Waals surface area contributed by atoms with Crippen LogP contribution in [-0.4, -0.2) is 32.3 Å². The van der Waals surface area contributed by atoms with Crippen molar-refractivity contribution in [2.75, 3.05) is 26.4 Å². The standard InChI is InChI=1S/C26H24ClNO3S/c27-20-4-1-18(2-5-20)19-3-8-24-23(13-19)22-7-6-21(14-25(22)32-24)31-16-26(29)28-15-17-9-11-30-12-10-17/h1-8,13-14,17H,9-12,15-16H2,(H,28,29). The fourth-order valence-corrected chi connectivity index (χ4v) is 5.32. The molecule has 0 spiro atoms. The molecule has 3 aromatic carbocycles. The Morgan fingerprint density at radius 3 is 2.56 bits per heavy atom. The zero-order chi connectivity index (χ0) is 21.9. The molecule has 0 atom stereocenters. The number of thiophene rings is 1. The van der Waals surface area contributed by atoms with Crippen molar-refractivity contribution >= 4 is 49.0 Å². The molecule has 0 aliphatic carbocycles. The van der Waals surface area contributed by atoms with Crippen molar-refractivity contribution in [2.45, 2.75) is 12.8 Å². The zero-order valence-corrected chi connectivity index (χ0v) is 19.2. The lowest BCUT2D eigenvalue weighted by molar-refractivity contribution is -0.123. The molecule has 164 valence electrons. The summed E-state index contributed by atoms with van der Waals surface area (Å²) < 4.78 is 13.5. The molecular formula is C26H24ClNO3S. The summed E-state index contributed by atoms with van der Waals surface area (Å²) in [5.74, 6) is 1.13. The molecule has 1 saturated heterocycles. The second-order valence-corrected chi connectivity index (χ2v) is 9.65. The normalized spacial score (nSPS) is 14.7. The van der Waals surface area contributed by atoms with Crippen LogP contribution in [0.4, 0.5) is 0 Å². The van der Waals surface area contributed by atoms with Gasteiger partial charge in [0.1, 0.15) is 5.75 Å². The van der Waals surface area contributed by atoms with Gasteiger partial charge in [-0.2, -0.15) is 0 Å². The average molecular weight is 466 g/mol. The number of nitrogens with one attached hydrogen (secondary N) is 1. The number of hydrogen-bond acceptors (Lipinski definition) is 4. The predicted octanol–water partition coefficient (Wildman–Crippen LogP) is 6.30. The van der Waals surface area contributed by atoms with Crippen LogP contribution in [0.15, 0.2) is 60.7 Å². The monoisotopic (exact) mass is 465 g/mol. The van der Waals surface area contributed by atoms with Crippen molar-refractivity contribution in [1.29, 1.82) is 0 Å². The molecule has 1 amide bonds. The summed E-state index contributed by atoms with van der Waals surface area (Å²) in [6.45, 7) is 2.29. The molecule has 0 saturated carbocycles. The number of rotatable bonds is 6. The predicted molar refractivity (Wildman–Crippen MR) is 132 cm³/mol. The van der Waals surface area contributed by atoms with Gasteiger partial charge < -0.3 is 14.8 Å². The number of halogens is 1. The smallest absolute Gasteiger partial charge is 0.257 e. The van der Waals surface area contributed by atoms with E-state index in [1.165, 1.54) is 15.5 Å². The van der Waals surface area contributed by atoms with Gasteiger partial charge >= 0.3 is 0 Å². The van der Waals surface area contributed by atoms with Crippen molar-refractivity contribution in [3.05, 3.63) is 65.7 Å². The van der Waals surface area contributed by atoms with Gasteiger partial charge in [-0.1, -0.05) is 29.8 Å². The van der Waals surface area contributed by atoms with E-state index in [-0.39, 0.29) is 12.5 Å². The largest absolute Gasteiger partial charge is 0.484 e. The highest BCUT2D eigenvalue weighted by Crippen LogP contribution is 2.38. The van der Waals surface area contributed by atoms with E-state index < -0.39 is 0 Å². The summed E-state index contributed by atoms with van der Waals surface area (Å²) in [5.41, 5.74) is 2.30. The third-order valence-electron chi connectivity index (χ3n) is 5.92. The summed E-state index contributed by atoms with van der Waals surface area (Å²) in [6, 6.07) is 20.5. The first-order chi connectivity index (χ1) is 15.7.